The molecule has 2 rings (SSSR count). The van der Waals surface area contributed by atoms with Crippen molar-refractivity contribution in [3.05, 3.63) is 65.7 Å². The first kappa shape index (κ1) is 12.8. The highest BCUT2D eigenvalue weighted by molar-refractivity contribution is 7.90. The summed E-state index contributed by atoms with van der Waals surface area (Å²) in [4.78, 5) is 0.293. The van der Waals surface area contributed by atoms with E-state index in [1.54, 1.807) is 24.3 Å². The van der Waals surface area contributed by atoms with Crippen LogP contribution in [0.2, 0.25) is 0 Å². The summed E-state index contributed by atoms with van der Waals surface area (Å²) in [6.45, 7) is 0. The van der Waals surface area contributed by atoms with Crippen LogP contribution in [0, 0.1) is 0 Å². The molecule has 0 aliphatic carbocycles. The van der Waals surface area contributed by atoms with E-state index in [2.05, 4.69) is 0 Å². The zero-order valence-electron chi connectivity index (χ0n) is 10.1. The lowest BCUT2D eigenvalue weighted by Crippen LogP contribution is -2.15. The van der Waals surface area contributed by atoms with Gasteiger partial charge in [-0.2, -0.15) is 0 Å². The predicted molar refractivity (Wildman–Crippen MR) is 72.0 cm³/mol. The third kappa shape index (κ3) is 2.60. The average molecular weight is 261 g/mol. The Morgan fingerprint density at radius 3 is 2.11 bits per heavy atom. The highest BCUT2D eigenvalue weighted by Crippen LogP contribution is 2.25. The molecule has 0 unspecified atom stereocenters. The smallest absolute Gasteiger partial charge is 0.175 e. The molecule has 0 fully saturated rings. The summed E-state index contributed by atoms with van der Waals surface area (Å²) < 4.78 is 23.5. The first-order chi connectivity index (χ1) is 8.50. The number of rotatable bonds is 3. The monoisotopic (exact) mass is 261 g/mol. The maximum absolute atomic E-state index is 11.7. The Labute approximate surface area is 107 Å². The van der Waals surface area contributed by atoms with Gasteiger partial charge in [-0.15, -0.1) is 0 Å². The maximum Gasteiger partial charge on any atom is 0.175 e. The lowest BCUT2D eigenvalue weighted by atomic mass is 10.00. The summed E-state index contributed by atoms with van der Waals surface area (Å²) >= 11 is 0. The number of nitrogens with two attached hydrogens (primary N) is 1. The second kappa shape index (κ2) is 4.92. The molecule has 0 aromatic heterocycles. The fraction of sp³-hybridized carbons (Fsp3) is 0.143. The first-order valence-corrected chi connectivity index (χ1v) is 7.49. The molecule has 0 saturated heterocycles. The fourth-order valence-electron chi connectivity index (χ4n) is 1.92. The third-order valence-corrected chi connectivity index (χ3v) is 3.98. The number of hydrogen-bond acceptors (Lipinski definition) is 3. The van der Waals surface area contributed by atoms with Gasteiger partial charge >= 0.3 is 0 Å². The van der Waals surface area contributed by atoms with Gasteiger partial charge in [-0.25, -0.2) is 8.42 Å². The molecule has 0 bridgehead atoms. The van der Waals surface area contributed by atoms with Crippen LogP contribution in [0.15, 0.2) is 59.5 Å². The molecule has 0 amide bonds. The van der Waals surface area contributed by atoms with Crippen LogP contribution < -0.4 is 5.73 Å². The van der Waals surface area contributed by atoms with Crippen LogP contribution in [0.5, 0.6) is 0 Å². The van der Waals surface area contributed by atoms with Crippen molar-refractivity contribution >= 4 is 9.84 Å². The van der Waals surface area contributed by atoms with Crippen molar-refractivity contribution in [2.75, 3.05) is 6.26 Å². The Morgan fingerprint density at radius 1 is 0.944 bits per heavy atom. The molecule has 18 heavy (non-hydrogen) atoms. The molecular weight excluding hydrogens is 246 g/mol. The Balaban J connectivity index is 2.53. The average Bonchev–Trinajstić information content (AvgIpc) is 2.38. The molecule has 0 spiro atoms. The Kier molecular flexibility index (Phi) is 3.50. The van der Waals surface area contributed by atoms with Gasteiger partial charge in [0.25, 0.3) is 0 Å². The van der Waals surface area contributed by atoms with Crippen molar-refractivity contribution in [2.45, 2.75) is 10.9 Å². The second-order valence-corrected chi connectivity index (χ2v) is 6.18. The Bertz CT molecular complexity index is 636. The Hall–Kier alpha value is -1.65. The summed E-state index contributed by atoms with van der Waals surface area (Å²) in [5, 5.41) is 0. The van der Waals surface area contributed by atoms with Crippen LogP contribution in [0.25, 0.3) is 0 Å². The molecule has 4 heteroatoms. The zero-order valence-corrected chi connectivity index (χ0v) is 10.9. The minimum absolute atomic E-state index is 0.293. The van der Waals surface area contributed by atoms with Gasteiger partial charge in [0.05, 0.1) is 10.9 Å². The Morgan fingerprint density at radius 2 is 1.50 bits per heavy atom. The summed E-state index contributed by atoms with van der Waals surface area (Å²) in [5.41, 5.74) is 7.68. The molecule has 0 aliphatic rings. The minimum atomic E-state index is -3.27. The van der Waals surface area contributed by atoms with E-state index >= 15 is 0 Å². The van der Waals surface area contributed by atoms with E-state index in [1.165, 1.54) is 6.26 Å². The molecule has 2 aromatic carbocycles. The molecule has 2 aromatic rings. The summed E-state index contributed by atoms with van der Waals surface area (Å²) in [7, 11) is -3.27. The lowest BCUT2D eigenvalue weighted by molar-refractivity contribution is 0.600. The van der Waals surface area contributed by atoms with Crippen molar-refractivity contribution in [3.63, 3.8) is 0 Å². The third-order valence-electron chi connectivity index (χ3n) is 2.81. The van der Waals surface area contributed by atoms with Crippen LogP contribution in [-0.4, -0.2) is 14.7 Å². The van der Waals surface area contributed by atoms with Crippen LogP contribution in [0.3, 0.4) is 0 Å². The van der Waals surface area contributed by atoms with E-state index in [9.17, 15) is 8.42 Å². The molecule has 0 saturated carbocycles. The molecule has 0 aliphatic heterocycles. The minimum Gasteiger partial charge on any atom is -0.320 e. The topological polar surface area (TPSA) is 60.2 Å². The van der Waals surface area contributed by atoms with Crippen molar-refractivity contribution in [1.29, 1.82) is 0 Å². The van der Waals surface area contributed by atoms with Crippen LogP contribution in [-0.2, 0) is 9.84 Å². The number of benzene rings is 2. The molecular formula is C14H15NO2S. The summed E-state index contributed by atoms with van der Waals surface area (Å²) in [6, 6.07) is 15.9. The van der Waals surface area contributed by atoms with Crippen LogP contribution >= 0.6 is 0 Å². The standard InChI is InChI=1S/C14H15NO2S/c1-18(16,17)13-10-6-5-9-12(13)14(15)11-7-3-2-4-8-11/h2-10,14H,15H2,1H3/t14-/m1/s1. The molecule has 0 heterocycles. The van der Waals surface area contributed by atoms with Crippen LogP contribution in [0.4, 0.5) is 0 Å². The van der Waals surface area contributed by atoms with Gasteiger partial charge < -0.3 is 5.73 Å². The van der Waals surface area contributed by atoms with Gasteiger partial charge in [-0.1, -0.05) is 48.5 Å². The van der Waals surface area contributed by atoms with E-state index in [0.717, 1.165) is 5.56 Å². The largest absolute Gasteiger partial charge is 0.320 e. The van der Waals surface area contributed by atoms with E-state index in [-0.39, 0.29) is 0 Å². The predicted octanol–water partition coefficient (Wildman–Crippen LogP) is 2.14. The van der Waals surface area contributed by atoms with E-state index in [1.807, 2.05) is 30.3 Å². The van der Waals surface area contributed by atoms with E-state index < -0.39 is 15.9 Å². The molecule has 1 atom stereocenters. The molecule has 3 nitrogen and oxygen atoms in total. The second-order valence-electron chi connectivity index (χ2n) is 4.20. The van der Waals surface area contributed by atoms with Crippen molar-refractivity contribution in [3.8, 4) is 0 Å². The number of hydrogen-bond donors (Lipinski definition) is 1. The van der Waals surface area contributed by atoms with Gasteiger partial charge in [0.1, 0.15) is 0 Å². The van der Waals surface area contributed by atoms with E-state index in [4.69, 9.17) is 5.73 Å². The highest BCUT2D eigenvalue weighted by Gasteiger charge is 2.18. The van der Waals surface area contributed by atoms with Gasteiger partial charge in [-0.3, -0.25) is 0 Å². The van der Waals surface area contributed by atoms with Gasteiger partial charge in [0.15, 0.2) is 9.84 Å². The van der Waals surface area contributed by atoms with Crippen LogP contribution in [0.1, 0.15) is 17.2 Å². The summed E-state index contributed by atoms with van der Waals surface area (Å²) in [5.74, 6) is 0. The van der Waals surface area contributed by atoms with Gasteiger partial charge in [0.2, 0.25) is 0 Å². The first-order valence-electron chi connectivity index (χ1n) is 5.59. The molecule has 94 valence electrons. The normalized spacial score (nSPS) is 13.2. The fourth-order valence-corrected chi connectivity index (χ4v) is 2.86. The summed E-state index contributed by atoms with van der Waals surface area (Å²) in [6.07, 6.45) is 1.20. The highest BCUT2D eigenvalue weighted by atomic mass is 32.2. The van der Waals surface area contributed by atoms with Gasteiger partial charge in [-0.05, 0) is 17.2 Å². The molecule has 0 radical (unpaired) electrons. The van der Waals surface area contributed by atoms with Crippen molar-refractivity contribution in [2.24, 2.45) is 5.73 Å². The zero-order chi connectivity index (χ0) is 13.2. The maximum atomic E-state index is 11.7. The molecule has 2 N–H and O–H groups in total. The quantitative estimate of drug-likeness (QED) is 0.920. The van der Waals surface area contributed by atoms with Crippen molar-refractivity contribution in [1.82, 2.24) is 0 Å². The number of sulfone groups is 1. The van der Waals surface area contributed by atoms with Crippen molar-refractivity contribution < 1.29 is 8.42 Å². The lowest BCUT2D eigenvalue weighted by Gasteiger charge is -2.15. The van der Waals surface area contributed by atoms with Gasteiger partial charge in [0, 0.05) is 6.26 Å². The SMILES string of the molecule is CS(=O)(=O)c1ccccc1[C@H](N)c1ccccc1. The van der Waals surface area contributed by atoms with E-state index in [0.29, 0.717) is 10.5 Å².